The van der Waals surface area contributed by atoms with Crippen molar-refractivity contribution < 1.29 is 0 Å². The van der Waals surface area contributed by atoms with Crippen LogP contribution in [0.3, 0.4) is 0 Å². The molecule has 1 aliphatic heterocycles. The summed E-state index contributed by atoms with van der Waals surface area (Å²) in [6, 6.07) is 0. The zero-order valence-electron chi connectivity index (χ0n) is 8.60. The number of rotatable bonds is 1. The molecule has 0 bridgehead atoms. The molecule has 1 N–H and O–H groups in total. The SMILES string of the molecule is Brc1cnc(N2CCNCC2)c2ncnn12. The van der Waals surface area contributed by atoms with Gasteiger partial charge in [0.2, 0.25) is 0 Å². The Hall–Kier alpha value is -1.21. The molecule has 0 unspecified atom stereocenters. The third kappa shape index (κ3) is 1.56. The van der Waals surface area contributed by atoms with E-state index in [0.29, 0.717) is 0 Å². The normalized spacial score (nSPS) is 16.9. The molecule has 0 amide bonds. The first-order chi connectivity index (χ1) is 7.86. The lowest BCUT2D eigenvalue weighted by Gasteiger charge is -2.28. The van der Waals surface area contributed by atoms with Gasteiger partial charge in [0.1, 0.15) is 10.9 Å². The number of piperazine rings is 1. The molecule has 1 aliphatic rings. The molecule has 84 valence electrons. The molecule has 0 spiro atoms. The van der Waals surface area contributed by atoms with Crippen molar-refractivity contribution in [3.05, 3.63) is 17.1 Å². The highest BCUT2D eigenvalue weighted by atomic mass is 79.9. The highest BCUT2D eigenvalue weighted by molar-refractivity contribution is 9.10. The largest absolute Gasteiger partial charge is 0.351 e. The summed E-state index contributed by atoms with van der Waals surface area (Å²) in [6.45, 7) is 3.88. The van der Waals surface area contributed by atoms with Crippen molar-refractivity contribution in [3.8, 4) is 0 Å². The van der Waals surface area contributed by atoms with E-state index in [4.69, 9.17) is 0 Å². The van der Waals surface area contributed by atoms with E-state index in [1.54, 1.807) is 17.0 Å². The predicted octanol–water partition coefficient (Wildman–Crippen LogP) is 0.296. The van der Waals surface area contributed by atoms with Crippen LogP contribution in [0.2, 0.25) is 0 Å². The van der Waals surface area contributed by atoms with Crippen molar-refractivity contribution in [2.24, 2.45) is 0 Å². The van der Waals surface area contributed by atoms with Crippen molar-refractivity contribution in [2.45, 2.75) is 0 Å². The fourth-order valence-corrected chi connectivity index (χ4v) is 2.24. The van der Waals surface area contributed by atoms with Crippen LogP contribution in [0.1, 0.15) is 0 Å². The molecule has 0 saturated carbocycles. The predicted molar refractivity (Wildman–Crippen MR) is 63.6 cm³/mol. The topological polar surface area (TPSA) is 58.4 Å². The average Bonchev–Trinajstić information content (AvgIpc) is 2.81. The van der Waals surface area contributed by atoms with E-state index in [9.17, 15) is 0 Å². The Morgan fingerprint density at radius 2 is 2.06 bits per heavy atom. The van der Waals surface area contributed by atoms with Gasteiger partial charge in [0.05, 0.1) is 6.20 Å². The third-order valence-electron chi connectivity index (χ3n) is 2.66. The first kappa shape index (κ1) is 9.98. The van der Waals surface area contributed by atoms with Crippen LogP contribution in [0, 0.1) is 0 Å². The van der Waals surface area contributed by atoms with Crippen LogP contribution >= 0.6 is 15.9 Å². The summed E-state index contributed by atoms with van der Waals surface area (Å²) in [7, 11) is 0. The Morgan fingerprint density at radius 3 is 2.88 bits per heavy atom. The zero-order chi connectivity index (χ0) is 11.0. The van der Waals surface area contributed by atoms with Crippen LogP contribution in [0.4, 0.5) is 5.82 Å². The van der Waals surface area contributed by atoms with E-state index >= 15 is 0 Å². The molecule has 16 heavy (non-hydrogen) atoms. The van der Waals surface area contributed by atoms with Gasteiger partial charge in [0, 0.05) is 26.2 Å². The van der Waals surface area contributed by atoms with E-state index in [-0.39, 0.29) is 0 Å². The maximum atomic E-state index is 4.43. The molecule has 6 nitrogen and oxygen atoms in total. The van der Waals surface area contributed by atoms with Gasteiger partial charge in [-0.3, -0.25) is 0 Å². The molecule has 0 aliphatic carbocycles. The van der Waals surface area contributed by atoms with E-state index in [1.807, 2.05) is 0 Å². The van der Waals surface area contributed by atoms with Crippen molar-refractivity contribution >= 4 is 27.4 Å². The Kier molecular flexibility index (Phi) is 2.49. The summed E-state index contributed by atoms with van der Waals surface area (Å²) in [5.74, 6) is 0.905. The molecule has 2 aromatic heterocycles. The summed E-state index contributed by atoms with van der Waals surface area (Å²) in [6.07, 6.45) is 3.31. The summed E-state index contributed by atoms with van der Waals surface area (Å²) in [4.78, 5) is 10.9. The lowest BCUT2D eigenvalue weighted by Crippen LogP contribution is -2.44. The minimum atomic E-state index is 0.802. The molecule has 7 heteroatoms. The van der Waals surface area contributed by atoms with Gasteiger partial charge in [-0.1, -0.05) is 0 Å². The molecular formula is C9H11BrN6. The average molecular weight is 283 g/mol. The molecular weight excluding hydrogens is 272 g/mol. The van der Waals surface area contributed by atoms with Gasteiger partial charge in [-0.05, 0) is 15.9 Å². The maximum Gasteiger partial charge on any atom is 0.199 e. The van der Waals surface area contributed by atoms with Crippen molar-refractivity contribution in [3.63, 3.8) is 0 Å². The van der Waals surface area contributed by atoms with Gasteiger partial charge in [-0.25, -0.2) is 14.5 Å². The van der Waals surface area contributed by atoms with Gasteiger partial charge in [0.15, 0.2) is 11.5 Å². The molecule has 0 atom stereocenters. The first-order valence-corrected chi connectivity index (χ1v) is 5.95. The zero-order valence-corrected chi connectivity index (χ0v) is 10.2. The van der Waals surface area contributed by atoms with Crippen LogP contribution in [0.25, 0.3) is 5.65 Å². The second-order valence-corrected chi connectivity index (χ2v) is 4.45. The molecule has 3 rings (SSSR count). The second kappa shape index (κ2) is 3.99. The minimum absolute atomic E-state index is 0.802. The van der Waals surface area contributed by atoms with Gasteiger partial charge < -0.3 is 10.2 Å². The monoisotopic (exact) mass is 282 g/mol. The molecule has 1 fully saturated rings. The number of hydrogen-bond acceptors (Lipinski definition) is 5. The fourth-order valence-electron chi connectivity index (χ4n) is 1.88. The smallest absolute Gasteiger partial charge is 0.199 e. The lowest BCUT2D eigenvalue weighted by atomic mass is 10.3. The highest BCUT2D eigenvalue weighted by Crippen LogP contribution is 2.20. The highest BCUT2D eigenvalue weighted by Gasteiger charge is 2.17. The Balaban J connectivity index is 2.08. The van der Waals surface area contributed by atoms with Crippen LogP contribution in [0.15, 0.2) is 17.1 Å². The number of fused-ring (bicyclic) bond motifs is 1. The molecule has 1 saturated heterocycles. The van der Waals surface area contributed by atoms with Gasteiger partial charge >= 0.3 is 0 Å². The summed E-state index contributed by atoms with van der Waals surface area (Å²) in [5.41, 5.74) is 0.802. The van der Waals surface area contributed by atoms with Crippen LogP contribution in [-0.4, -0.2) is 45.8 Å². The number of nitrogens with one attached hydrogen (secondary N) is 1. The van der Waals surface area contributed by atoms with Crippen LogP contribution in [0.5, 0.6) is 0 Å². The number of aromatic nitrogens is 4. The Morgan fingerprint density at radius 1 is 1.25 bits per heavy atom. The van der Waals surface area contributed by atoms with E-state index in [0.717, 1.165) is 42.2 Å². The van der Waals surface area contributed by atoms with E-state index in [2.05, 4.69) is 41.2 Å². The maximum absolute atomic E-state index is 4.43. The summed E-state index contributed by atoms with van der Waals surface area (Å²) in [5, 5.41) is 7.47. The Bertz CT molecular complexity index is 504. The molecule has 3 heterocycles. The van der Waals surface area contributed by atoms with Gasteiger partial charge in [-0.15, -0.1) is 0 Å². The molecule has 0 aromatic carbocycles. The lowest BCUT2D eigenvalue weighted by molar-refractivity contribution is 0.585. The number of anilines is 1. The first-order valence-electron chi connectivity index (χ1n) is 5.16. The van der Waals surface area contributed by atoms with Gasteiger partial charge in [0.25, 0.3) is 0 Å². The standard InChI is InChI=1S/C9H11BrN6/c10-7-5-12-8(9-13-6-14-16(7)9)15-3-1-11-2-4-15/h5-6,11H,1-4H2. The van der Waals surface area contributed by atoms with Gasteiger partial charge in [-0.2, -0.15) is 5.10 Å². The van der Waals surface area contributed by atoms with E-state index in [1.165, 1.54) is 0 Å². The number of halogens is 1. The third-order valence-corrected chi connectivity index (χ3v) is 3.20. The van der Waals surface area contributed by atoms with Crippen molar-refractivity contribution in [1.29, 1.82) is 0 Å². The second-order valence-electron chi connectivity index (χ2n) is 3.64. The fraction of sp³-hybridized carbons (Fsp3) is 0.444. The molecule has 2 aromatic rings. The molecule has 0 radical (unpaired) electrons. The van der Waals surface area contributed by atoms with Crippen LogP contribution in [-0.2, 0) is 0 Å². The van der Waals surface area contributed by atoms with Crippen LogP contribution < -0.4 is 10.2 Å². The number of hydrogen-bond donors (Lipinski definition) is 1. The number of nitrogens with zero attached hydrogens (tertiary/aromatic N) is 5. The van der Waals surface area contributed by atoms with Crippen molar-refractivity contribution in [1.82, 2.24) is 24.9 Å². The summed E-state index contributed by atoms with van der Waals surface area (Å²) >= 11 is 3.40. The Labute approximate surface area is 101 Å². The van der Waals surface area contributed by atoms with E-state index < -0.39 is 0 Å². The quantitative estimate of drug-likeness (QED) is 0.815. The van der Waals surface area contributed by atoms with Crippen molar-refractivity contribution in [2.75, 3.05) is 31.1 Å². The minimum Gasteiger partial charge on any atom is -0.351 e. The summed E-state index contributed by atoms with van der Waals surface area (Å²) < 4.78 is 2.57.